The number of carbonyl (C=O) groups is 1. The Hall–Kier alpha value is -1.04. The molecule has 0 radical (unpaired) electrons. The molecule has 1 amide bonds. The zero-order valence-electron chi connectivity index (χ0n) is 12.1. The third-order valence-corrected chi connectivity index (χ3v) is 4.53. The first-order valence-electron chi connectivity index (χ1n) is 7.17. The SMILES string of the molecule is CCC1CCC(C#N)(NC(=O)C(C)C(C)C)CC1. The van der Waals surface area contributed by atoms with Gasteiger partial charge in [0, 0.05) is 5.92 Å². The Morgan fingerprint density at radius 1 is 1.39 bits per heavy atom. The molecule has 102 valence electrons. The smallest absolute Gasteiger partial charge is 0.224 e. The number of carbonyl (C=O) groups excluding carboxylic acids is 1. The standard InChI is InChI=1S/C15H26N2O/c1-5-13-6-8-15(10-16,9-7-13)17-14(18)12(4)11(2)3/h11-13H,5-9H2,1-4H3,(H,17,18). The fourth-order valence-electron chi connectivity index (χ4n) is 2.50. The van der Waals surface area contributed by atoms with Gasteiger partial charge in [0.2, 0.25) is 5.91 Å². The molecule has 1 saturated carbocycles. The number of hydrogen-bond donors (Lipinski definition) is 1. The second kappa shape index (κ2) is 6.22. The third-order valence-electron chi connectivity index (χ3n) is 4.53. The van der Waals surface area contributed by atoms with E-state index in [1.807, 2.05) is 20.8 Å². The summed E-state index contributed by atoms with van der Waals surface area (Å²) in [6.45, 7) is 8.21. The van der Waals surface area contributed by atoms with Crippen LogP contribution in [0, 0.1) is 29.1 Å². The van der Waals surface area contributed by atoms with Crippen LogP contribution in [0.25, 0.3) is 0 Å². The first kappa shape index (κ1) is 15.0. The van der Waals surface area contributed by atoms with Gasteiger partial charge < -0.3 is 5.32 Å². The van der Waals surface area contributed by atoms with E-state index in [0.29, 0.717) is 5.92 Å². The minimum absolute atomic E-state index is 0.0286. The van der Waals surface area contributed by atoms with Gasteiger partial charge in [-0.3, -0.25) is 4.79 Å². The zero-order valence-corrected chi connectivity index (χ0v) is 12.1. The van der Waals surface area contributed by atoms with Gasteiger partial charge in [-0.05, 0) is 37.5 Å². The van der Waals surface area contributed by atoms with E-state index in [1.165, 1.54) is 6.42 Å². The lowest BCUT2D eigenvalue weighted by Gasteiger charge is -2.36. The molecule has 1 fully saturated rings. The molecule has 1 rings (SSSR count). The average molecular weight is 250 g/mol. The van der Waals surface area contributed by atoms with Crippen molar-refractivity contribution in [1.29, 1.82) is 5.26 Å². The fourth-order valence-corrected chi connectivity index (χ4v) is 2.50. The van der Waals surface area contributed by atoms with Gasteiger partial charge in [0.25, 0.3) is 0 Å². The summed E-state index contributed by atoms with van der Waals surface area (Å²) < 4.78 is 0. The summed E-state index contributed by atoms with van der Waals surface area (Å²) in [6, 6.07) is 2.35. The molecular weight excluding hydrogens is 224 g/mol. The number of nitrogens with zero attached hydrogens (tertiary/aromatic N) is 1. The van der Waals surface area contributed by atoms with Crippen LogP contribution >= 0.6 is 0 Å². The Balaban J connectivity index is 2.63. The van der Waals surface area contributed by atoms with Crippen LogP contribution < -0.4 is 5.32 Å². The van der Waals surface area contributed by atoms with E-state index in [-0.39, 0.29) is 11.8 Å². The van der Waals surface area contributed by atoms with Crippen LogP contribution in [-0.2, 0) is 4.79 Å². The highest BCUT2D eigenvalue weighted by Crippen LogP contribution is 2.33. The van der Waals surface area contributed by atoms with E-state index < -0.39 is 5.54 Å². The van der Waals surface area contributed by atoms with Crippen molar-refractivity contribution < 1.29 is 4.79 Å². The summed E-state index contributed by atoms with van der Waals surface area (Å²) in [5.41, 5.74) is -0.605. The summed E-state index contributed by atoms with van der Waals surface area (Å²) in [5, 5.41) is 12.4. The molecule has 0 heterocycles. The molecule has 0 aliphatic heterocycles. The molecule has 1 atom stereocenters. The van der Waals surface area contributed by atoms with E-state index in [1.54, 1.807) is 0 Å². The monoisotopic (exact) mass is 250 g/mol. The first-order chi connectivity index (χ1) is 8.44. The highest BCUT2D eigenvalue weighted by molar-refractivity contribution is 5.79. The largest absolute Gasteiger partial charge is 0.338 e. The third kappa shape index (κ3) is 3.48. The lowest BCUT2D eigenvalue weighted by molar-refractivity contribution is -0.127. The van der Waals surface area contributed by atoms with Crippen LogP contribution in [0.4, 0.5) is 0 Å². The molecule has 0 bridgehead atoms. The molecule has 1 unspecified atom stereocenters. The van der Waals surface area contributed by atoms with Crippen LogP contribution in [0.5, 0.6) is 0 Å². The fraction of sp³-hybridized carbons (Fsp3) is 0.867. The number of amides is 1. The molecule has 1 aliphatic rings. The van der Waals surface area contributed by atoms with Crippen LogP contribution in [0.15, 0.2) is 0 Å². The maximum Gasteiger partial charge on any atom is 0.224 e. The van der Waals surface area contributed by atoms with Gasteiger partial charge in [-0.2, -0.15) is 5.26 Å². The summed E-state index contributed by atoms with van der Waals surface area (Å²) in [6.07, 6.45) is 4.90. The van der Waals surface area contributed by atoms with Crippen molar-refractivity contribution in [1.82, 2.24) is 5.32 Å². The second-order valence-corrected chi connectivity index (χ2v) is 6.07. The Kier molecular flexibility index (Phi) is 5.19. The normalized spacial score (nSPS) is 29.7. The van der Waals surface area contributed by atoms with Crippen molar-refractivity contribution in [2.45, 2.75) is 65.3 Å². The van der Waals surface area contributed by atoms with Crippen LogP contribution in [0.1, 0.15) is 59.8 Å². The minimum atomic E-state index is -0.605. The van der Waals surface area contributed by atoms with Crippen molar-refractivity contribution in [3.05, 3.63) is 0 Å². The van der Waals surface area contributed by atoms with Crippen LogP contribution in [-0.4, -0.2) is 11.4 Å². The highest BCUT2D eigenvalue weighted by atomic mass is 16.2. The van der Waals surface area contributed by atoms with E-state index in [2.05, 4.69) is 18.3 Å². The Bertz CT molecular complexity index is 322. The first-order valence-corrected chi connectivity index (χ1v) is 7.17. The maximum atomic E-state index is 12.1. The van der Waals surface area contributed by atoms with Crippen molar-refractivity contribution >= 4 is 5.91 Å². The number of hydrogen-bond acceptors (Lipinski definition) is 2. The molecule has 0 saturated heterocycles. The van der Waals surface area contributed by atoms with E-state index in [9.17, 15) is 10.1 Å². The minimum Gasteiger partial charge on any atom is -0.338 e. The highest BCUT2D eigenvalue weighted by Gasteiger charge is 2.37. The van der Waals surface area contributed by atoms with Gasteiger partial charge in [-0.1, -0.05) is 34.1 Å². The van der Waals surface area contributed by atoms with Crippen molar-refractivity contribution in [2.75, 3.05) is 0 Å². The van der Waals surface area contributed by atoms with Gasteiger partial charge in [-0.25, -0.2) is 0 Å². The molecule has 0 aromatic heterocycles. The van der Waals surface area contributed by atoms with Crippen molar-refractivity contribution in [3.8, 4) is 6.07 Å². The maximum absolute atomic E-state index is 12.1. The number of nitriles is 1. The molecule has 18 heavy (non-hydrogen) atoms. The topological polar surface area (TPSA) is 52.9 Å². The lowest BCUT2D eigenvalue weighted by Crippen LogP contribution is -2.51. The van der Waals surface area contributed by atoms with Gasteiger partial charge in [-0.15, -0.1) is 0 Å². The number of rotatable bonds is 4. The van der Waals surface area contributed by atoms with E-state index in [4.69, 9.17) is 0 Å². The average Bonchev–Trinajstić information content (AvgIpc) is 2.38. The summed E-state index contributed by atoms with van der Waals surface area (Å²) in [5.74, 6) is 1.04. The molecule has 0 spiro atoms. The van der Waals surface area contributed by atoms with Gasteiger partial charge in [0.15, 0.2) is 0 Å². The van der Waals surface area contributed by atoms with Gasteiger partial charge in [0.1, 0.15) is 5.54 Å². The van der Waals surface area contributed by atoms with Crippen molar-refractivity contribution in [3.63, 3.8) is 0 Å². The molecule has 3 heteroatoms. The molecule has 1 N–H and O–H groups in total. The summed E-state index contributed by atoms with van der Waals surface area (Å²) >= 11 is 0. The van der Waals surface area contributed by atoms with Crippen LogP contribution in [0.3, 0.4) is 0 Å². The second-order valence-electron chi connectivity index (χ2n) is 6.07. The lowest BCUT2D eigenvalue weighted by atomic mass is 9.76. The van der Waals surface area contributed by atoms with Crippen molar-refractivity contribution in [2.24, 2.45) is 17.8 Å². The summed E-state index contributed by atoms with van der Waals surface area (Å²) in [7, 11) is 0. The number of nitrogens with one attached hydrogen (secondary N) is 1. The molecule has 1 aliphatic carbocycles. The van der Waals surface area contributed by atoms with Gasteiger partial charge >= 0.3 is 0 Å². The van der Waals surface area contributed by atoms with E-state index in [0.717, 1.165) is 31.6 Å². The Morgan fingerprint density at radius 3 is 2.33 bits per heavy atom. The Labute approximate surface area is 111 Å². The molecule has 0 aromatic rings. The quantitative estimate of drug-likeness (QED) is 0.832. The van der Waals surface area contributed by atoms with E-state index >= 15 is 0 Å². The molecule has 0 aromatic carbocycles. The predicted octanol–water partition coefficient (Wildman–Crippen LogP) is 3.26. The Morgan fingerprint density at radius 2 is 1.94 bits per heavy atom. The predicted molar refractivity (Wildman–Crippen MR) is 72.7 cm³/mol. The molecular formula is C15H26N2O. The molecule has 3 nitrogen and oxygen atoms in total. The zero-order chi connectivity index (χ0) is 13.8. The van der Waals surface area contributed by atoms with Gasteiger partial charge in [0.05, 0.1) is 6.07 Å². The van der Waals surface area contributed by atoms with Crippen LogP contribution in [0.2, 0.25) is 0 Å². The summed E-state index contributed by atoms with van der Waals surface area (Å²) in [4.78, 5) is 12.1.